The van der Waals surface area contributed by atoms with Gasteiger partial charge < -0.3 is 26.6 Å². The van der Waals surface area contributed by atoms with E-state index in [4.69, 9.17) is 15.6 Å². The van der Waals surface area contributed by atoms with E-state index in [9.17, 15) is 8.78 Å². The molecule has 1 aromatic heterocycles. The predicted molar refractivity (Wildman–Crippen MR) is 147 cm³/mol. The molecule has 206 valence electrons. The molecule has 38 heavy (non-hydrogen) atoms. The number of carbonyl (C=O) groups excluding carboxylic acids is 1. The molecule has 2 aromatic rings. The Balaban J connectivity index is 0.00000107. The highest BCUT2D eigenvalue weighted by Gasteiger charge is 2.32. The Hall–Kier alpha value is -3.31. The highest BCUT2D eigenvalue weighted by atomic mass is 19.3. The van der Waals surface area contributed by atoms with Crippen LogP contribution < -0.4 is 21.7 Å². The molecule has 1 saturated heterocycles. The number of nitrogens with zero attached hydrogens (tertiary/aromatic N) is 5. The van der Waals surface area contributed by atoms with Crippen LogP contribution in [0.2, 0.25) is 0 Å². The average Bonchev–Trinajstić information content (AvgIpc) is 3.30. The molecule has 9 nitrogen and oxygen atoms in total. The maximum atomic E-state index is 14.3. The number of carbonyl (C=O) groups is 1. The molecule has 4 heterocycles. The van der Waals surface area contributed by atoms with Crippen molar-refractivity contribution in [2.45, 2.75) is 51.1 Å². The third kappa shape index (κ3) is 5.58. The molecular weight excluding hydrogens is 490 g/mol. The molecule has 11 heteroatoms. The molecule has 3 aliphatic rings. The lowest BCUT2D eigenvalue weighted by atomic mass is 9.92. The minimum atomic E-state index is -2.62. The number of hydrogen-bond acceptors (Lipinski definition) is 7. The van der Waals surface area contributed by atoms with Crippen LogP contribution in [0.5, 0.6) is 0 Å². The van der Waals surface area contributed by atoms with Gasteiger partial charge in [-0.25, -0.2) is 8.78 Å². The fourth-order valence-electron chi connectivity index (χ4n) is 5.77. The van der Waals surface area contributed by atoms with Crippen LogP contribution in [-0.2, 0) is 24.2 Å². The molecule has 0 atom stereocenters. The number of aliphatic imine (C=N–C) groups is 1. The summed E-state index contributed by atoms with van der Waals surface area (Å²) in [4.78, 5) is 17.1. The number of nitrogens with one attached hydrogen (secondary N) is 1. The number of primary amides is 1. The molecule has 5 N–H and O–H groups in total. The number of allylic oxidation sites excluding steroid dienone is 1. The minimum absolute atomic E-state index is 0.0176. The first kappa shape index (κ1) is 27.7. The number of anilines is 2. The van der Waals surface area contributed by atoms with Gasteiger partial charge in [0.1, 0.15) is 0 Å². The Bertz CT molecular complexity index is 1190. The van der Waals surface area contributed by atoms with Crippen LogP contribution in [0.25, 0.3) is 5.57 Å². The Labute approximate surface area is 222 Å². The summed E-state index contributed by atoms with van der Waals surface area (Å²) >= 11 is 0. The van der Waals surface area contributed by atoms with Gasteiger partial charge in [-0.1, -0.05) is 0 Å². The van der Waals surface area contributed by atoms with Crippen molar-refractivity contribution in [2.75, 3.05) is 45.2 Å². The molecule has 0 saturated carbocycles. The number of likely N-dealkylation sites (N-methyl/N-ethyl adjacent to an activating group) is 1. The fourth-order valence-corrected chi connectivity index (χ4v) is 5.77. The van der Waals surface area contributed by atoms with Crippen molar-refractivity contribution in [3.8, 4) is 0 Å². The first-order chi connectivity index (χ1) is 18.4. The summed E-state index contributed by atoms with van der Waals surface area (Å²) in [7, 11) is 3.75. The van der Waals surface area contributed by atoms with E-state index in [-0.39, 0.29) is 12.0 Å². The van der Waals surface area contributed by atoms with Crippen molar-refractivity contribution in [3.63, 3.8) is 0 Å². The molecule has 3 aliphatic heterocycles. The zero-order valence-electron chi connectivity index (χ0n) is 22.2. The number of hydrogen-bond donors (Lipinski definition) is 3. The van der Waals surface area contributed by atoms with Crippen LogP contribution in [-0.4, -0.2) is 67.6 Å². The van der Waals surface area contributed by atoms with Gasteiger partial charge in [0.05, 0.1) is 6.04 Å². The fraction of sp³-hybridized carbons (Fsp3) is 0.519. The largest absolute Gasteiger partial charge is 0.404 e. The lowest BCUT2D eigenvalue weighted by Gasteiger charge is -2.33. The van der Waals surface area contributed by atoms with E-state index in [1.165, 1.54) is 17.5 Å². The van der Waals surface area contributed by atoms with E-state index in [0.29, 0.717) is 17.2 Å². The van der Waals surface area contributed by atoms with E-state index < -0.39 is 6.43 Å². The number of piperidine rings is 1. The number of amides is 1. The smallest absolute Gasteiger partial charge is 0.264 e. The summed E-state index contributed by atoms with van der Waals surface area (Å²) in [6, 6.07) is 3.92. The molecule has 0 spiro atoms. The maximum Gasteiger partial charge on any atom is 0.264 e. The zero-order valence-corrected chi connectivity index (χ0v) is 22.2. The number of fused-ring (bicyclic) bond motifs is 2. The Morgan fingerprint density at radius 2 is 1.95 bits per heavy atom. The SMILES string of the molecule is CN=C/C(=C\N)c1cc2c(cc1C(F)F)N(c1nn(C3CCNCC3)c3c1CN(C)CC3)CCC2.NC=O. The van der Waals surface area contributed by atoms with E-state index in [1.54, 1.807) is 19.3 Å². The van der Waals surface area contributed by atoms with Crippen LogP contribution in [0.1, 0.15) is 59.7 Å². The van der Waals surface area contributed by atoms with Gasteiger partial charge in [0.15, 0.2) is 5.82 Å². The molecule has 0 bridgehead atoms. The molecule has 1 amide bonds. The van der Waals surface area contributed by atoms with Crippen LogP contribution >= 0.6 is 0 Å². The van der Waals surface area contributed by atoms with Gasteiger partial charge in [0, 0.05) is 73.6 Å². The third-order valence-corrected chi connectivity index (χ3v) is 7.53. The number of rotatable bonds is 5. The van der Waals surface area contributed by atoms with Crippen molar-refractivity contribution in [3.05, 3.63) is 46.3 Å². The van der Waals surface area contributed by atoms with Crippen LogP contribution in [0.15, 0.2) is 23.3 Å². The van der Waals surface area contributed by atoms with Gasteiger partial charge in [0.25, 0.3) is 6.43 Å². The van der Waals surface area contributed by atoms with Crippen LogP contribution in [0, 0.1) is 0 Å². The number of benzene rings is 1. The zero-order chi connectivity index (χ0) is 27.2. The average molecular weight is 529 g/mol. The molecule has 0 radical (unpaired) electrons. The van der Waals surface area contributed by atoms with E-state index >= 15 is 0 Å². The lowest BCUT2D eigenvalue weighted by Crippen LogP contribution is -2.32. The lowest BCUT2D eigenvalue weighted by molar-refractivity contribution is -0.106. The summed E-state index contributed by atoms with van der Waals surface area (Å²) in [6.45, 7) is 4.60. The molecular formula is C27H38F2N8O. The number of aryl methyl sites for hydroxylation is 1. The standard InChI is InChI=1S/C26H35F2N7.CH3NO/c1-30-15-18(14-29)20-12-17-4-3-10-34(24(17)13-21(20)25(27)28)26-22-16-33(2)11-7-23(22)35(32-26)19-5-8-31-9-6-19;2-1-3/h12-15,19,25,31H,3-11,16,29H2,1-2H3;1H,(H2,2,3)/b18-14+,30-15?;. The maximum absolute atomic E-state index is 14.3. The van der Waals surface area contributed by atoms with Crippen molar-refractivity contribution >= 4 is 29.7 Å². The molecule has 1 fully saturated rings. The molecule has 0 aliphatic carbocycles. The van der Waals surface area contributed by atoms with E-state index in [2.05, 4.69) is 37.6 Å². The predicted octanol–water partition coefficient (Wildman–Crippen LogP) is 2.92. The second-order valence-electron chi connectivity index (χ2n) is 9.93. The van der Waals surface area contributed by atoms with Crippen molar-refractivity contribution in [1.29, 1.82) is 0 Å². The summed E-state index contributed by atoms with van der Waals surface area (Å²) in [6.07, 6.45) is 5.39. The second-order valence-corrected chi connectivity index (χ2v) is 9.93. The topological polar surface area (TPSA) is 118 Å². The quantitative estimate of drug-likeness (QED) is 0.406. The molecule has 5 rings (SSSR count). The third-order valence-electron chi connectivity index (χ3n) is 7.53. The first-order valence-corrected chi connectivity index (χ1v) is 13.1. The monoisotopic (exact) mass is 528 g/mol. The Kier molecular flexibility index (Phi) is 9.11. The van der Waals surface area contributed by atoms with Crippen molar-refractivity contribution in [2.24, 2.45) is 16.5 Å². The summed E-state index contributed by atoms with van der Waals surface area (Å²) in [5.41, 5.74) is 15.3. The number of halogens is 2. The highest BCUT2D eigenvalue weighted by molar-refractivity contribution is 6.10. The van der Waals surface area contributed by atoms with Gasteiger partial charge >= 0.3 is 0 Å². The minimum Gasteiger partial charge on any atom is -0.404 e. The number of nitrogens with two attached hydrogens (primary N) is 2. The summed E-state index contributed by atoms with van der Waals surface area (Å²) < 4.78 is 30.8. The number of alkyl halides is 2. The van der Waals surface area contributed by atoms with Crippen molar-refractivity contribution in [1.82, 2.24) is 20.0 Å². The Morgan fingerprint density at radius 3 is 2.61 bits per heavy atom. The molecule has 0 unspecified atom stereocenters. The first-order valence-electron chi connectivity index (χ1n) is 13.1. The highest BCUT2D eigenvalue weighted by Crippen LogP contribution is 2.42. The normalized spacial score (nSPS) is 18.8. The second kappa shape index (κ2) is 12.5. The van der Waals surface area contributed by atoms with Gasteiger partial charge in [-0.15, -0.1) is 0 Å². The molecule has 1 aromatic carbocycles. The van der Waals surface area contributed by atoms with E-state index in [0.717, 1.165) is 81.9 Å². The van der Waals surface area contributed by atoms with Crippen LogP contribution in [0.4, 0.5) is 20.3 Å². The Morgan fingerprint density at radius 1 is 1.21 bits per heavy atom. The van der Waals surface area contributed by atoms with Crippen LogP contribution in [0.3, 0.4) is 0 Å². The van der Waals surface area contributed by atoms with Gasteiger partial charge in [-0.2, -0.15) is 5.10 Å². The summed E-state index contributed by atoms with van der Waals surface area (Å²) in [5, 5.41) is 8.64. The van der Waals surface area contributed by atoms with Gasteiger partial charge in [-0.05, 0) is 69.1 Å². The van der Waals surface area contributed by atoms with Gasteiger partial charge in [-0.3, -0.25) is 14.5 Å². The van der Waals surface area contributed by atoms with E-state index in [1.807, 2.05) is 6.07 Å². The summed E-state index contributed by atoms with van der Waals surface area (Å²) in [5.74, 6) is 0.934. The number of aromatic nitrogens is 2. The van der Waals surface area contributed by atoms with Crippen molar-refractivity contribution < 1.29 is 13.6 Å². The van der Waals surface area contributed by atoms with Gasteiger partial charge in [0.2, 0.25) is 6.41 Å².